The molecule has 1 aliphatic rings. The Balaban J connectivity index is 1.61. The molecule has 0 radical (unpaired) electrons. The van der Waals surface area contributed by atoms with Crippen molar-refractivity contribution in [1.29, 1.82) is 0 Å². The molecule has 0 spiro atoms. The summed E-state index contributed by atoms with van der Waals surface area (Å²) < 4.78 is 5.71. The first-order valence-electron chi connectivity index (χ1n) is 8.97. The molecule has 2 N–H and O–H groups in total. The van der Waals surface area contributed by atoms with Crippen molar-refractivity contribution in [2.24, 2.45) is 5.92 Å². The van der Waals surface area contributed by atoms with Crippen LogP contribution in [0.4, 0.5) is 0 Å². The van der Waals surface area contributed by atoms with Crippen molar-refractivity contribution >= 4 is 5.91 Å². The third-order valence-corrected chi connectivity index (χ3v) is 4.37. The number of hydrogen-bond acceptors (Lipinski definition) is 4. The van der Waals surface area contributed by atoms with E-state index in [-0.39, 0.29) is 5.91 Å². The SMILES string of the molecule is CN(C)CCCOc1ccc(CNC(=O)CCC2CCNC2)cc1. The Hall–Kier alpha value is -1.59. The van der Waals surface area contributed by atoms with Gasteiger partial charge in [0, 0.05) is 19.5 Å². The minimum absolute atomic E-state index is 0.144. The van der Waals surface area contributed by atoms with Crippen LogP contribution in [-0.2, 0) is 11.3 Å². The van der Waals surface area contributed by atoms with Gasteiger partial charge in [-0.25, -0.2) is 0 Å². The Morgan fingerprint density at radius 2 is 2.12 bits per heavy atom. The van der Waals surface area contributed by atoms with E-state index in [1.165, 1.54) is 6.42 Å². The first-order valence-corrected chi connectivity index (χ1v) is 8.97. The smallest absolute Gasteiger partial charge is 0.220 e. The largest absolute Gasteiger partial charge is 0.494 e. The average molecular weight is 333 g/mol. The predicted molar refractivity (Wildman–Crippen MR) is 97.2 cm³/mol. The molecule has 1 aliphatic heterocycles. The van der Waals surface area contributed by atoms with E-state index in [9.17, 15) is 4.79 Å². The molecule has 5 heteroatoms. The molecule has 1 unspecified atom stereocenters. The minimum atomic E-state index is 0.144. The van der Waals surface area contributed by atoms with Crippen molar-refractivity contribution in [3.05, 3.63) is 29.8 Å². The molecule has 0 saturated carbocycles. The number of rotatable bonds is 10. The molecular weight excluding hydrogens is 302 g/mol. The number of ether oxygens (including phenoxy) is 1. The van der Waals surface area contributed by atoms with Gasteiger partial charge in [0.15, 0.2) is 0 Å². The number of amides is 1. The van der Waals surface area contributed by atoms with Crippen LogP contribution < -0.4 is 15.4 Å². The molecule has 0 aromatic heterocycles. The van der Waals surface area contributed by atoms with Gasteiger partial charge in [-0.15, -0.1) is 0 Å². The van der Waals surface area contributed by atoms with E-state index in [0.717, 1.165) is 50.4 Å². The van der Waals surface area contributed by atoms with Gasteiger partial charge in [-0.05, 0) is 70.1 Å². The maximum Gasteiger partial charge on any atom is 0.220 e. The number of hydrogen-bond donors (Lipinski definition) is 2. The Morgan fingerprint density at radius 3 is 2.79 bits per heavy atom. The molecular formula is C19H31N3O2. The zero-order valence-electron chi connectivity index (χ0n) is 15.0. The van der Waals surface area contributed by atoms with Gasteiger partial charge in [-0.3, -0.25) is 4.79 Å². The Labute approximate surface area is 145 Å². The van der Waals surface area contributed by atoms with Crippen LogP contribution in [0.1, 0.15) is 31.2 Å². The zero-order valence-corrected chi connectivity index (χ0v) is 15.0. The van der Waals surface area contributed by atoms with Crippen molar-refractivity contribution in [2.45, 2.75) is 32.2 Å². The Kier molecular flexibility index (Phi) is 8.05. The van der Waals surface area contributed by atoms with Crippen LogP contribution in [-0.4, -0.2) is 51.1 Å². The molecule has 134 valence electrons. The fourth-order valence-electron chi connectivity index (χ4n) is 2.86. The number of benzene rings is 1. The van der Waals surface area contributed by atoms with Crippen LogP contribution >= 0.6 is 0 Å². The molecule has 0 aliphatic carbocycles. The van der Waals surface area contributed by atoms with E-state index in [4.69, 9.17) is 4.74 Å². The van der Waals surface area contributed by atoms with Gasteiger partial charge in [0.25, 0.3) is 0 Å². The molecule has 1 amide bonds. The van der Waals surface area contributed by atoms with Gasteiger partial charge in [0.2, 0.25) is 5.91 Å². The van der Waals surface area contributed by atoms with Gasteiger partial charge in [-0.2, -0.15) is 0 Å². The molecule has 1 aromatic rings. The molecule has 0 bridgehead atoms. The molecule has 2 rings (SSSR count). The first-order chi connectivity index (χ1) is 11.6. The lowest BCUT2D eigenvalue weighted by atomic mass is 10.0. The Morgan fingerprint density at radius 1 is 1.33 bits per heavy atom. The number of nitrogens with zero attached hydrogens (tertiary/aromatic N) is 1. The van der Waals surface area contributed by atoms with E-state index in [1.54, 1.807) is 0 Å². The molecule has 1 saturated heterocycles. The van der Waals surface area contributed by atoms with E-state index in [2.05, 4.69) is 29.6 Å². The van der Waals surface area contributed by atoms with Crippen LogP contribution in [0.2, 0.25) is 0 Å². The summed E-state index contributed by atoms with van der Waals surface area (Å²) in [6.45, 7) is 4.49. The summed E-state index contributed by atoms with van der Waals surface area (Å²) in [7, 11) is 4.13. The van der Waals surface area contributed by atoms with Gasteiger partial charge in [0.1, 0.15) is 5.75 Å². The Bertz CT molecular complexity index is 482. The highest BCUT2D eigenvalue weighted by Gasteiger charge is 2.15. The van der Waals surface area contributed by atoms with Crippen LogP contribution in [0, 0.1) is 5.92 Å². The summed E-state index contributed by atoms with van der Waals surface area (Å²) in [6, 6.07) is 7.98. The van der Waals surface area contributed by atoms with E-state index in [1.807, 2.05) is 24.3 Å². The van der Waals surface area contributed by atoms with E-state index >= 15 is 0 Å². The van der Waals surface area contributed by atoms with Gasteiger partial charge in [0.05, 0.1) is 6.61 Å². The lowest BCUT2D eigenvalue weighted by molar-refractivity contribution is -0.121. The number of nitrogens with one attached hydrogen (secondary N) is 2. The molecule has 24 heavy (non-hydrogen) atoms. The van der Waals surface area contributed by atoms with Crippen LogP contribution in [0.5, 0.6) is 5.75 Å². The maximum absolute atomic E-state index is 11.9. The van der Waals surface area contributed by atoms with Crippen molar-refractivity contribution in [2.75, 3.05) is 40.3 Å². The summed E-state index contributed by atoms with van der Waals surface area (Å²) in [5.41, 5.74) is 1.10. The number of carbonyl (C=O) groups is 1. The third-order valence-electron chi connectivity index (χ3n) is 4.37. The van der Waals surface area contributed by atoms with Gasteiger partial charge in [-0.1, -0.05) is 12.1 Å². The quantitative estimate of drug-likeness (QED) is 0.643. The van der Waals surface area contributed by atoms with Gasteiger partial charge < -0.3 is 20.3 Å². The van der Waals surface area contributed by atoms with Crippen LogP contribution in [0.3, 0.4) is 0 Å². The molecule has 1 aromatic carbocycles. The first kappa shape index (κ1) is 18.7. The van der Waals surface area contributed by atoms with Crippen LogP contribution in [0.15, 0.2) is 24.3 Å². The second-order valence-electron chi connectivity index (χ2n) is 6.82. The van der Waals surface area contributed by atoms with Crippen molar-refractivity contribution < 1.29 is 9.53 Å². The summed E-state index contributed by atoms with van der Waals surface area (Å²) in [6.07, 6.45) is 3.82. The molecule has 5 nitrogen and oxygen atoms in total. The molecule has 1 heterocycles. The lowest BCUT2D eigenvalue weighted by Crippen LogP contribution is -2.23. The monoisotopic (exact) mass is 333 g/mol. The molecule has 1 fully saturated rings. The third kappa shape index (κ3) is 7.32. The van der Waals surface area contributed by atoms with Crippen molar-refractivity contribution in [1.82, 2.24) is 15.5 Å². The molecule has 1 atom stereocenters. The second kappa shape index (κ2) is 10.3. The van der Waals surface area contributed by atoms with E-state index in [0.29, 0.717) is 18.9 Å². The predicted octanol–water partition coefficient (Wildman–Crippen LogP) is 2.02. The fourth-order valence-corrected chi connectivity index (χ4v) is 2.86. The summed E-state index contributed by atoms with van der Waals surface area (Å²) in [4.78, 5) is 14.1. The highest BCUT2D eigenvalue weighted by Crippen LogP contribution is 2.15. The minimum Gasteiger partial charge on any atom is -0.494 e. The fraction of sp³-hybridized carbons (Fsp3) is 0.632. The average Bonchev–Trinajstić information content (AvgIpc) is 3.09. The maximum atomic E-state index is 11.9. The lowest BCUT2D eigenvalue weighted by Gasteiger charge is -2.11. The highest BCUT2D eigenvalue weighted by atomic mass is 16.5. The second-order valence-corrected chi connectivity index (χ2v) is 6.82. The van der Waals surface area contributed by atoms with E-state index < -0.39 is 0 Å². The van der Waals surface area contributed by atoms with Crippen molar-refractivity contribution in [3.63, 3.8) is 0 Å². The number of carbonyl (C=O) groups excluding carboxylic acids is 1. The van der Waals surface area contributed by atoms with Crippen LogP contribution in [0.25, 0.3) is 0 Å². The normalized spacial score (nSPS) is 17.2. The standard InChI is InChI=1S/C19H31N3O2/c1-22(2)12-3-13-24-18-7-4-16(5-8-18)15-21-19(23)9-6-17-10-11-20-14-17/h4-5,7-8,17,20H,3,6,9-15H2,1-2H3,(H,21,23). The van der Waals surface area contributed by atoms with Crippen molar-refractivity contribution in [3.8, 4) is 5.75 Å². The zero-order chi connectivity index (χ0) is 17.2. The summed E-state index contributed by atoms with van der Waals surface area (Å²) in [5, 5.41) is 6.34. The van der Waals surface area contributed by atoms with Gasteiger partial charge >= 0.3 is 0 Å². The summed E-state index contributed by atoms with van der Waals surface area (Å²) >= 11 is 0. The topological polar surface area (TPSA) is 53.6 Å². The highest BCUT2D eigenvalue weighted by molar-refractivity contribution is 5.75. The summed E-state index contributed by atoms with van der Waals surface area (Å²) in [5.74, 6) is 1.70.